The van der Waals surface area contributed by atoms with Gasteiger partial charge in [0.1, 0.15) is 0 Å². The Morgan fingerprint density at radius 1 is 1.02 bits per heavy atom. The fraction of sp³-hybridized carbons (Fsp3) is 0.375. The average Bonchev–Trinajstić information content (AvgIpc) is 3.56. The van der Waals surface area contributed by atoms with E-state index in [0.717, 1.165) is 37.4 Å². The summed E-state index contributed by atoms with van der Waals surface area (Å²) in [6.07, 6.45) is -6.01. The summed E-state index contributed by atoms with van der Waals surface area (Å²) in [4.78, 5) is 36.8. The zero-order valence-corrected chi connectivity index (χ0v) is 21.3. The van der Waals surface area contributed by atoms with Crippen molar-refractivity contribution in [1.82, 2.24) is 25.0 Å². The van der Waals surface area contributed by atoms with Crippen LogP contribution < -0.4 is 5.32 Å². The third kappa shape index (κ3) is 10.9. The molecule has 1 aliphatic heterocycles. The van der Waals surface area contributed by atoms with Gasteiger partial charge in [-0.2, -0.15) is 31.4 Å². The number of fused-ring (bicyclic) bond motifs is 1. The predicted molar refractivity (Wildman–Crippen MR) is 127 cm³/mol. The van der Waals surface area contributed by atoms with Crippen LogP contribution in [-0.2, 0) is 22.7 Å². The fourth-order valence-corrected chi connectivity index (χ4v) is 3.56. The monoisotopic (exact) mass is 593 g/mol. The van der Waals surface area contributed by atoms with Crippen molar-refractivity contribution in [2.75, 3.05) is 13.1 Å². The number of hydrogen-bond donors (Lipinski definition) is 3. The molecule has 0 aromatic carbocycles. The van der Waals surface area contributed by atoms with Crippen LogP contribution in [0, 0.1) is 6.92 Å². The number of furan rings is 1. The van der Waals surface area contributed by atoms with Crippen LogP contribution in [0.5, 0.6) is 0 Å². The van der Waals surface area contributed by atoms with Crippen molar-refractivity contribution in [3.8, 4) is 0 Å². The van der Waals surface area contributed by atoms with Gasteiger partial charge in [-0.15, -0.1) is 0 Å². The van der Waals surface area contributed by atoms with E-state index in [1.54, 1.807) is 12.1 Å². The zero-order valence-electron chi connectivity index (χ0n) is 21.3. The molecule has 0 saturated carbocycles. The molecule has 4 heterocycles. The maximum Gasteiger partial charge on any atom is 0.490 e. The Bertz CT molecular complexity index is 1270. The van der Waals surface area contributed by atoms with Crippen LogP contribution in [0.1, 0.15) is 40.1 Å². The first-order valence-corrected chi connectivity index (χ1v) is 11.7. The van der Waals surface area contributed by atoms with Crippen molar-refractivity contribution in [2.24, 2.45) is 0 Å². The summed E-state index contributed by atoms with van der Waals surface area (Å²) in [7, 11) is 0. The third-order valence-electron chi connectivity index (χ3n) is 5.28. The maximum atomic E-state index is 12.0. The first-order chi connectivity index (χ1) is 19.1. The number of hydrogen-bond acceptors (Lipinski definition) is 7. The molecule has 3 N–H and O–H groups in total. The van der Waals surface area contributed by atoms with Gasteiger partial charge in [0.15, 0.2) is 5.76 Å². The number of aromatic nitrogens is 3. The SMILES string of the molecule is Cc1cccc(CN2Cc3ccnn3C(CCNC(=O)c3ccco3)C2)n1.O=C(O)C(F)(F)F.O=C(O)C(F)(F)F. The molecule has 3 aromatic rings. The number of carbonyl (C=O) groups excluding carboxylic acids is 1. The Morgan fingerprint density at radius 2 is 1.66 bits per heavy atom. The second kappa shape index (κ2) is 14.3. The molecule has 3 aromatic heterocycles. The summed E-state index contributed by atoms with van der Waals surface area (Å²) < 4.78 is 70.7. The van der Waals surface area contributed by atoms with Gasteiger partial charge in [-0.1, -0.05) is 6.07 Å². The molecule has 1 unspecified atom stereocenters. The molecule has 4 rings (SSSR count). The van der Waals surface area contributed by atoms with Gasteiger partial charge < -0.3 is 19.9 Å². The highest BCUT2D eigenvalue weighted by Gasteiger charge is 2.38. The highest BCUT2D eigenvalue weighted by Crippen LogP contribution is 2.24. The van der Waals surface area contributed by atoms with E-state index in [1.165, 1.54) is 12.0 Å². The fourth-order valence-electron chi connectivity index (χ4n) is 3.56. The normalized spacial score (nSPS) is 15.0. The largest absolute Gasteiger partial charge is 0.490 e. The van der Waals surface area contributed by atoms with E-state index < -0.39 is 24.3 Å². The number of amides is 1. The minimum Gasteiger partial charge on any atom is -0.475 e. The molecule has 0 bridgehead atoms. The van der Waals surface area contributed by atoms with E-state index in [4.69, 9.17) is 24.2 Å². The average molecular weight is 593 g/mol. The lowest BCUT2D eigenvalue weighted by Crippen LogP contribution is -2.39. The van der Waals surface area contributed by atoms with Crippen LogP contribution in [0.15, 0.2) is 53.3 Å². The lowest BCUT2D eigenvalue weighted by molar-refractivity contribution is -0.193. The van der Waals surface area contributed by atoms with Gasteiger partial charge >= 0.3 is 24.3 Å². The van der Waals surface area contributed by atoms with Gasteiger partial charge in [-0.05, 0) is 43.7 Å². The third-order valence-corrected chi connectivity index (χ3v) is 5.28. The lowest BCUT2D eigenvalue weighted by atomic mass is 10.1. The van der Waals surface area contributed by atoms with Crippen LogP contribution in [-0.4, -0.2) is 73.2 Å². The molecule has 0 saturated heterocycles. The first-order valence-electron chi connectivity index (χ1n) is 11.7. The van der Waals surface area contributed by atoms with Crippen LogP contribution in [0.4, 0.5) is 26.3 Å². The topological polar surface area (TPSA) is 151 Å². The summed E-state index contributed by atoms with van der Waals surface area (Å²) in [5.74, 6) is -5.36. The summed E-state index contributed by atoms with van der Waals surface area (Å²) in [5, 5.41) is 21.7. The van der Waals surface area contributed by atoms with Crippen LogP contribution in [0.25, 0.3) is 0 Å². The Kier molecular flexibility index (Phi) is 11.4. The van der Waals surface area contributed by atoms with Gasteiger partial charge in [0.05, 0.1) is 23.7 Å². The Hall–Kier alpha value is -4.41. The second-order valence-corrected chi connectivity index (χ2v) is 8.49. The number of carbonyl (C=O) groups is 3. The molecule has 1 aliphatic rings. The molecule has 0 fully saturated rings. The number of pyridine rings is 1. The van der Waals surface area contributed by atoms with Gasteiger partial charge in [0.25, 0.3) is 5.91 Å². The molecule has 11 nitrogen and oxygen atoms in total. The van der Waals surface area contributed by atoms with Crippen LogP contribution >= 0.6 is 0 Å². The number of carboxylic acids is 2. The van der Waals surface area contributed by atoms with E-state index in [0.29, 0.717) is 12.3 Å². The molecule has 224 valence electrons. The summed E-state index contributed by atoms with van der Waals surface area (Å²) in [6.45, 7) is 5.12. The number of aryl methyl sites for hydroxylation is 1. The van der Waals surface area contributed by atoms with Crippen molar-refractivity contribution < 1.29 is 55.4 Å². The van der Waals surface area contributed by atoms with Crippen LogP contribution in [0.2, 0.25) is 0 Å². The van der Waals surface area contributed by atoms with Gasteiger partial charge in [0, 0.05) is 38.1 Å². The van der Waals surface area contributed by atoms with Crippen molar-refractivity contribution in [2.45, 2.75) is 44.8 Å². The Balaban J connectivity index is 0.000000349. The van der Waals surface area contributed by atoms with Crippen molar-refractivity contribution in [3.63, 3.8) is 0 Å². The van der Waals surface area contributed by atoms with Crippen molar-refractivity contribution >= 4 is 17.8 Å². The molecular weight excluding hydrogens is 568 g/mol. The Labute approximate surface area is 228 Å². The second-order valence-electron chi connectivity index (χ2n) is 8.49. The van der Waals surface area contributed by atoms with E-state index in [9.17, 15) is 31.1 Å². The number of aliphatic carboxylic acids is 2. The summed E-state index contributed by atoms with van der Waals surface area (Å²) >= 11 is 0. The van der Waals surface area contributed by atoms with E-state index in [2.05, 4.69) is 37.1 Å². The molecule has 1 amide bonds. The smallest absolute Gasteiger partial charge is 0.475 e. The van der Waals surface area contributed by atoms with Gasteiger partial charge in [-0.25, -0.2) is 9.59 Å². The number of rotatable bonds is 6. The number of alkyl halides is 6. The van der Waals surface area contributed by atoms with Crippen molar-refractivity contribution in [3.05, 3.63) is 71.7 Å². The lowest BCUT2D eigenvalue weighted by Gasteiger charge is -2.33. The Morgan fingerprint density at radius 3 is 2.20 bits per heavy atom. The number of nitrogens with one attached hydrogen (secondary N) is 1. The first kappa shape index (κ1) is 32.8. The number of carboxylic acid groups (broad SMARTS) is 2. The van der Waals surface area contributed by atoms with E-state index in [1.807, 2.05) is 25.3 Å². The van der Waals surface area contributed by atoms with E-state index in [-0.39, 0.29) is 11.9 Å². The van der Waals surface area contributed by atoms with Gasteiger partial charge in [-0.3, -0.25) is 19.4 Å². The molecule has 17 heteroatoms. The van der Waals surface area contributed by atoms with Gasteiger partial charge in [0.2, 0.25) is 0 Å². The highest BCUT2D eigenvalue weighted by molar-refractivity contribution is 5.91. The zero-order chi connectivity index (χ0) is 30.8. The molecule has 0 aliphatic carbocycles. The maximum absolute atomic E-state index is 12.0. The molecule has 0 radical (unpaired) electrons. The molecular formula is C24H25F6N5O6. The minimum absolute atomic E-state index is 0.183. The predicted octanol–water partition coefficient (Wildman–Crippen LogP) is 3.82. The van der Waals surface area contributed by atoms with Crippen LogP contribution in [0.3, 0.4) is 0 Å². The highest BCUT2D eigenvalue weighted by atomic mass is 19.4. The number of halogens is 6. The summed E-state index contributed by atoms with van der Waals surface area (Å²) in [6, 6.07) is 11.8. The quantitative estimate of drug-likeness (QED) is 0.363. The van der Waals surface area contributed by atoms with E-state index >= 15 is 0 Å². The summed E-state index contributed by atoms with van der Waals surface area (Å²) in [5.41, 5.74) is 3.30. The number of nitrogens with zero attached hydrogens (tertiary/aromatic N) is 4. The minimum atomic E-state index is -5.08. The molecule has 41 heavy (non-hydrogen) atoms. The standard InChI is InChI=1S/C20H23N5O2.2C2HF3O2/c1-15-4-2-5-16(23-15)12-24-13-17(25-18(14-24)8-10-22-25)7-9-21-20(26)19-6-3-11-27-19;2*3-2(4,5)1(6)7/h2-6,8,10-11,17H,7,9,12-14H2,1H3,(H,21,26);2*(H,6,7). The molecule has 1 atom stereocenters. The molecule has 0 spiro atoms. The van der Waals surface area contributed by atoms with Crippen molar-refractivity contribution in [1.29, 1.82) is 0 Å².